The van der Waals surface area contributed by atoms with E-state index in [0.29, 0.717) is 6.29 Å². The summed E-state index contributed by atoms with van der Waals surface area (Å²) in [5.41, 5.74) is 0.0532. The number of carbonyl (C=O) groups excluding carboxylic acids is 1. The van der Waals surface area contributed by atoms with Crippen molar-refractivity contribution in [2.24, 2.45) is 0 Å². The molecule has 0 spiro atoms. The summed E-state index contributed by atoms with van der Waals surface area (Å²) in [5.74, 6) is -0.0181. The van der Waals surface area contributed by atoms with Crippen LogP contribution in [0.2, 0.25) is 0 Å². The van der Waals surface area contributed by atoms with Gasteiger partial charge in [0.25, 0.3) is 0 Å². The highest BCUT2D eigenvalue weighted by Crippen LogP contribution is 2.27. The lowest BCUT2D eigenvalue weighted by Gasteiger charge is -2.08. The molecule has 1 rings (SSSR count). The van der Waals surface area contributed by atoms with Crippen molar-refractivity contribution in [2.45, 2.75) is 13.0 Å². The number of hydrogen-bond acceptors (Lipinski definition) is 5. The smallest absolute Gasteiger partial charge is 0.310 e. The molecule has 1 aromatic rings. The predicted molar refractivity (Wildman–Crippen MR) is 55.7 cm³/mol. The molecule has 6 nitrogen and oxygen atoms in total. The molecule has 0 fully saturated rings. The lowest BCUT2D eigenvalue weighted by molar-refractivity contribution is -0.385. The molecule has 16 heavy (non-hydrogen) atoms. The Morgan fingerprint density at radius 2 is 2.31 bits per heavy atom. The fourth-order valence-electron chi connectivity index (χ4n) is 1.08. The van der Waals surface area contributed by atoms with Crippen LogP contribution in [0.15, 0.2) is 18.2 Å². The molecule has 0 saturated heterocycles. The van der Waals surface area contributed by atoms with Crippen LogP contribution in [0.4, 0.5) is 5.69 Å². The van der Waals surface area contributed by atoms with Crippen molar-refractivity contribution >= 4 is 12.0 Å². The van der Waals surface area contributed by atoms with E-state index in [1.54, 1.807) is 0 Å². The van der Waals surface area contributed by atoms with Crippen molar-refractivity contribution in [3.63, 3.8) is 0 Å². The zero-order valence-electron chi connectivity index (χ0n) is 8.62. The number of benzene rings is 1. The molecule has 0 heterocycles. The molecule has 0 aliphatic carbocycles. The van der Waals surface area contributed by atoms with E-state index >= 15 is 0 Å². The van der Waals surface area contributed by atoms with E-state index in [4.69, 9.17) is 9.84 Å². The average molecular weight is 225 g/mol. The third-order valence-corrected chi connectivity index (χ3v) is 1.80. The van der Waals surface area contributed by atoms with Gasteiger partial charge in [0.15, 0.2) is 5.75 Å². The van der Waals surface area contributed by atoms with Gasteiger partial charge in [0.2, 0.25) is 0 Å². The minimum absolute atomic E-state index is 0.0181. The van der Waals surface area contributed by atoms with E-state index in [-0.39, 0.29) is 23.6 Å². The van der Waals surface area contributed by atoms with Crippen molar-refractivity contribution in [3.8, 4) is 5.75 Å². The van der Waals surface area contributed by atoms with Gasteiger partial charge in [0.05, 0.1) is 11.0 Å². The van der Waals surface area contributed by atoms with Gasteiger partial charge in [0.1, 0.15) is 12.9 Å². The Morgan fingerprint density at radius 3 is 2.81 bits per heavy atom. The SMILES string of the molecule is CC(O)COc1cc(C=O)ccc1[N+](=O)[O-]. The van der Waals surface area contributed by atoms with Gasteiger partial charge in [-0.1, -0.05) is 0 Å². The second kappa shape index (κ2) is 5.22. The third kappa shape index (κ3) is 3.03. The maximum atomic E-state index is 10.6. The number of hydrogen-bond donors (Lipinski definition) is 1. The maximum absolute atomic E-state index is 10.6. The Labute approximate surface area is 91.6 Å². The van der Waals surface area contributed by atoms with Crippen LogP contribution in [-0.2, 0) is 0 Å². The van der Waals surface area contributed by atoms with Crippen LogP contribution in [0, 0.1) is 10.1 Å². The Hall–Kier alpha value is -1.95. The molecule has 1 N–H and O–H groups in total. The summed E-state index contributed by atoms with van der Waals surface area (Å²) >= 11 is 0. The lowest BCUT2D eigenvalue weighted by atomic mass is 10.2. The number of nitrogens with zero attached hydrogens (tertiary/aromatic N) is 1. The third-order valence-electron chi connectivity index (χ3n) is 1.80. The summed E-state index contributed by atoms with van der Waals surface area (Å²) in [6.45, 7) is 1.43. The zero-order chi connectivity index (χ0) is 12.1. The first-order chi connectivity index (χ1) is 7.54. The molecule has 0 aliphatic heterocycles. The van der Waals surface area contributed by atoms with Crippen molar-refractivity contribution in [2.75, 3.05) is 6.61 Å². The first-order valence-electron chi connectivity index (χ1n) is 4.59. The lowest BCUT2D eigenvalue weighted by Crippen LogP contribution is -2.13. The molecule has 6 heteroatoms. The molecule has 0 saturated carbocycles. The van der Waals surface area contributed by atoms with Crippen LogP contribution in [0.3, 0.4) is 0 Å². The molecule has 1 aromatic carbocycles. The highest BCUT2D eigenvalue weighted by molar-refractivity contribution is 5.76. The van der Waals surface area contributed by atoms with E-state index in [2.05, 4.69) is 0 Å². The first kappa shape index (κ1) is 12.1. The zero-order valence-corrected chi connectivity index (χ0v) is 8.62. The molecular formula is C10H11NO5. The number of aliphatic hydroxyl groups excluding tert-OH is 1. The highest BCUT2D eigenvalue weighted by Gasteiger charge is 2.15. The summed E-state index contributed by atoms with van der Waals surface area (Å²) in [6, 6.07) is 3.80. The second-order valence-electron chi connectivity index (χ2n) is 3.26. The predicted octanol–water partition coefficient (Wildman–Crippen LogP) is 1.17. The molecule has 1 unspecified atom stereocenters. The van der Waals surface area contributed by atoms with Crippen molar-refractivity contribution < 1.29 is 19.6 Å². The standard InChI is InChI=1S/C10H11NO5/c1-7(13)6-16-10-4-8(5-12)2-3-9(10)11(14)15/h2-5,7,13H,6H2,1H3. The number of nitro benzene ring substituents is 1. The molecule has 1 atom stereocenters. The van der Waals surface area contributed by atoms with E-state index in [1.165, 1.54) is 25.1 Å². The number of ether oxygens (including phenoxy) is 1. The van der Waals surface area contributed by atoms with Crippen LogP contribution in [0.1, 0.15) is 17.3 Å². The molecule has 0 aromatic heterocycles. The fourth-order valence-corrected chi connectivity index (χ4v) is 1.08. The van der Waals surface area contributed by atoms with Crippen molar-refractivity contribution in [3.05, 3.63) is 33.9 Å². The van der Waals surface area contributed by atoms with Gasteiger partial charge in [-0.2, -0.15) is 0 Å². The van der Waals surface area contributed by atoms with E-state index < -0.39 is 11.0 Å². The van der Waals surface area contributed by atoms with Gasteiger partial charge >= 0.3 is 5.69 Å². The van der Waals surface area contributed by atoms with Gasteiger partial charge in [-0.05, 0) is 19.1 Å². The van der Waals surface area contributed by atoms with Crippen LogP contribution in [0.25, 0.3) is 0 Å². The van der Waals surface area contributed by atoms with E-state index in [1.807, 2.05) is 0 Å². The monoisotopic (exact) mass is 225 g/mol. The summed E-state index contributed by atoms with van der Waals surface area (Å²) in [6.07, 6.45) is -0.168. The number of rotatable bonds is 5. The Bertz CT molecular complexity index is 402. The molecular weight excluding hydrogens is 214 g/mol. The minimum atomic E-state index is -0.737. The average Bonchev–Trinajstić information content (AvgIpc) is 2.25. The van der Waals surface area contributed by atoms with Crippen LogP contribution >= 0.6 is 0 Å². The van der Waals surface area contributed by atoms with Crippen LogP contribution < -0.4 is 4.74 Å². The Kier molecular flexibility index (Phi) is 3.96. The number of nitro groups is 1. The number of carbonyl (C=O) groups is 1. The summed E-state index contributed by atoms with van der Waals surface area (Å²) in [7, 11) is 0. The van der Waals surface area contributed by atoms with Gasteiger partial charge in [-0.3, -0.25) is 14.9 Å². The number of aldehydes is 1. The van der Waals surface area contributed by atoms with Gasteiger partial charge in [0, 0.05) is 11.6 Å². The van der Waals surface area contributed by atoms with Crippen molar-refractivity contribution in [1.82, 2.24) is 0 Å². The van der Waals surface area contributed by atoms with Crippen LogP contribution in [-0.4, -0.2) is 29.0 Å². The number of aliphatic hydroxyl groups is 1. The van der Waals surface area contributed by atoms with Crippen molar-refractivity contribution in [1.29, 1.82) is 0 Å². The van der Waals surface area contributed by atoms with Crippen LogP contribution in [0.5, 0.6) is 5.75 Å². The molecule has 0 aliphatic rings. The second-order valence-corrected chi connectivity index (χ2v) is 3.26. The molecule has 0 radical (unpaired) electrons. The Balaban J connectivity index is 3.00. The fraction of sp³-hybridized carbons (Fsp3) is 0.300. The summed E-state index contributed by atoms with van der Waals surface area (Å²) in [4.78, 5) is 20.5. The molecule has 0 bridgehead atoms. The van der Waals surface area contributed by atoms with Gasteiger partial charge in [-0.15, -0.1) is 0 Å². The minimum Gasteiger partial charge on any atom is -0.484 e. The normalized spacial score (nSPS) is 11.9. The summed E-state index contributed by atoms with van der Waals surface area (Å²) < 4.78 is 5.05. The summed E-state index contributed by atoms with van der Waals surface area (Å²) in [5, 5.41) is 19.6. The highest BCUT2D eigenvalue weighted by atomic mass is 16.6. The Morgan fingerprint density at radius 1 is 1.62 bits per heavy atom. The topological polar surface area (TPSA) is 89.7 Å². The van der Waals surface area contributed by atoms with E-state index in [0.717, 1.165) is 0 Å². The first-order valence-corrected chi connectivity index (χ1v) is 4.59. The van der Waals surface area contributed by atoms with Gasteiger partial charge < -0.3 is 9.84 Å². The molecule has 86 valence electrons. The van der Waals surface area contributed by atoms with E-state index in [9.17, 15) is 14.9 Å². The quantitative estimate of drug-likeness (QED) is 0.461. The maximum Gasteiger partial charge on any atom is 0.310 e. The largest absolute Gasteiger partial charge is 0.484 e. The van der Waals surface area contributed by atoms with Gasteiger partial charge in [-0.25, -0.2) is 0 Å². The molecule has 0 amide bonds.